The monoisotopic (exact) mass is 192 g/mol. The molecule has 1 aromatic rings. The molecule has 0 bridgehead atoms. The second kappa shape index (κ2) is 3.31. The predicted molar refractivity (Wildman–Crippen MR) is 51.0 cm³/mol. The molecule has 0 spiro atoms. The Labute approximate surface area is 81.9 Å². The number of urea groups is 1. The van der Waals surface area contributed by atoms with Crippen LogP contribution < -0.4 is 5.73 Å². The van der Waals surface area contributed by atoms with Gasteiger partial charge >= 0.3 is 6.03 Å². The number of hydrogen-bond donors (Lipinski definition) is 2. The van der Waals surface area contributed by atoms with Gasteiger partial charge in [-0.15, -0.1) is 0 Å². The molecular weight excluding hydrogens is 180 g/mol. The van der Waals surface area contributed by atoms with Gasteiger partial charge in [0, 0.05) is 5.92 Å². The summed E-state index contributed by atoms with van der Waals surface area (Å²) in [4.78, 5) is 10.6. The van der Waals surface area contributed by atoms with Crippen LogP contribution in [0.1, 0.15) is 17.0 Å². The molecule has 0 aliphatic heterocycles. The predicted octanol–water partition coefficient (Wildman–Crippen LogP) is 1.10. The second-order valence-electron chi connectivity index (χ2n) is 3.52. The van der Waals surface area contributed by atoms with Crippen molar-refractivity contribution < 1.29 is 10.0 Å². The fraction of sp³-hybridized carbons (Fsp3) is 0.300. The normalized spacial score (nSPS) is 18.2. The van der Waals surface area contributed by atoms with Gasteiger partial charge in [0.1, 0.15) is 0 Å². The largest absolute Gasteiger partial charge is 0.350 e. The van der Waals surface area contributed by atoms with Crippen LogP contribution in [0.5, 0.6) is 0 Å². The molecule has 0 radical (unpaired) electrons. The maximum Gasteiger partial charge on any atom is 0.338 e. The molecule has 14 heavy (non-hydrogen) atoms. The second-order valence-corrected chi connectivity index (χ2v) is 3.52. The summed E-state index contributed by atoms with van der Waals surface area (Å²) in [6.45, 7) is 0.284. The number of primary amides is 1. The number of hydroxylamine groups is 2. The van der Waals surface area contributed by atoms with Gasteiger partial charge in [0.05, 0.1) is 6.54 Å². The molecule has 2 rings (SSSR count). The molecule has 1 aliphatic rings. The van der Waals surface area contributed by atoms with E-state index in [0.29, 0.717) is 5.06 Å². The zero-order valence-electron chi connectivity index (χ0n) is 7.68. The molecular formula is C10H12N2O2. The molecule has 0 saturated heterocycles. The number of nitrogens with zero attached hydrogens (tertiary/aromatic N) is 1. The number of fused-ring (bicyclic) bond motifs is 1. The van der Waals surface area contributed by atoms with E-state index in [4.69, 9.17) is 10.9 Å². The zero-order valence-corrected chi connectivity index (χ0v) is 7.68. The van der Waals surface area contributed by atoms with Gasteiger partial charge in [-0.2, -0.15) is 0 Å². The van der Waals surface area contributed by atoms with E-state index >= 15 is 0 Å². The average molecular weight is 192 g/mol. The summed E-state index contributed by atoms with van der Waals surface area (Å²) in [6, 6.07) is 7.21. The average Bonchev–Trinajstić information content (AvgIpc) is 2.13. The molecule has 0 fully saturated rings. The number of carbonyl (C=O) groups is 1. The minimum Gasteiger partial charge on any atom is -0.350 e. The van der Waals surface area contributed by atoms with Gasteiger partial charge in [-0.25, -0.2) is 9.86 Å². The summed E-state index contributed by atoms with van der Waals surface area (Å²) in [5, 5.41) is 9.72. The molecule has 0 aromatic heterocycles. The third-order valence-electron chi connectivity index (χ3n) is 2.61. The highest BCUT2D eigenvalue weighted by Crippen LogP contribution is 2.34. The SMILES string of the molecule is NC(=O)N(O)CC1Cc2ccccc21. The Morgan fingerprint density at radius 3 is 2.93 bits per heavy atom. The molecule has 3 N–H and O–H groups in total. The van der Waals surface area contributed by atoms with Crippen molar-refractivity contribution in [2.45, 2.75) is 12.3 Å². The molecule has 1 unspecified atom stereocenters. The van der Waals surface area contributed by atoms with Crippen molar-refractivity contribution in [2.75, 3.05) is 6.54 Å². The van der Waals surface area contributed by atoms with E-state index in [2.05, 4.69) is 6.07 Å². The highest BCUT2D eigenvalue weighted by Gasteiger charge is 2.27. The van der Waals surface area contributed by atoms with Crippen LogP contribution in [0.15, 0.2) is 24.3 Å². The zero-order chi connectivity index (χ0) is 10.1. The van der Waals surface area contributed by atoms with Crippen LogP contribution in [0, 0.1) is 0 Å². The first-order valence-electron chi connectivity index (χ1n) is 4.52. The first-order valence-corrected chi connectivity index (χ1v) is 4.52. The van der Waals surface area contributed by atoms with Crippen LogP contribution >= 0.6 is 0 Å². The van der Waals surface area contributed by atoms with E-state index in [1.54, 1.807) is 0 Å². The van der Waals surface area contributed by atoms with Crippen LogP contribution in [0.4, 0.5) is 4.79 Å². The lowest BCUT2D eigenvalue weighted by molar-refractivity contribution is -0.0453. The molecule has 2 amide bonds. The first kappa shape index (κ1) is 9.02. The lowest BCUT2D eigenvalue weighted by Crippen LogP contribution is -2.38. The summed E-state index contributed by atoms with van der Waals surface area (Å²) in [5.41, 5.74) is 7.41. The maximum absolute atomic E-state index is 10.6. The quantitative estimate of drug-likeness (QED) is 0.544. The lowest BCUT2D eigenvalue weighted by atomic mass is 9.77. The summed E-state index contributed by atoms with van der Waals surface area (Å²) >= 11 is 0. The van der Waals surface area contributed by atoms with Crippen molar-refractivity contribution in [1.29, 1.82) is 0 Å². The Kier molecular flexibility index (Phi) is 2.13. The standard InChI is InChI=1S/C10H12N2O2/c11-10(13)12(14)6-8-5-7-3-1-2-4-9(7)8/h1-4,8,14H,5-6H2,(H2,11,13). The first-order chi connectivity index (χ1) is 6.68. The van der Waals surface area contributed by atoms with Gasteiger partial charge in [0.15, 0.2) is 0 Å². The molecule has 0 saturated carbocycles. The van der Waals surface area contributed by atoms with Crippen molar-refractivity contribution >= 4 is 6.03 Å². The van der Waals surface area contributed by atoms with Crippen molar-refractivity contribution in [3.8, 4) is 0 Å². The minimum absolute atomic E-state index is 0.226. The fourth-order valence-corrected chi connectivity index (χ4v) is 1.82. The Balaban J connectivity index is 2.02. The minimum atomic E-state index is -0.797. The Hall–Kier alpha value is -1.55. The molecule has 1 atom stereocenters. The van der Waals surface area contributed by atoms with Crippen LogP contribution in [-0.4, -0.2) is 22.8 Å². The summed E-state index contributed by atoms with van der Waals surface area (Å²) in [6.07, 6.45) is 0.903. The van der Waals surface area contributed by atoms with Gasteiger partial charge in [-0.1, -0.05) is 24.3 Å². The summed E-state index contributed by atoms with van der Waals surface area (Å²) < 4.78 is 0. The van der Waals surface area contributed by atoms with Gasteiger partial charge in [-0.05, 0) is 17.5 Å². The van der Waals surface area contributed by atoms with Gasteiger partial charge in [0.2, 0.25) is 0 Å². The van der Waals surface area contributed by atoms with E-state index in [0.717, 1.165) is 6.42 Å². The van der Waals surface area contributed by atoms with Gasteiger partial charge < -0.3 is 5.73 Å². The van der Waals surface area contributed by atoms with Gasteiger partial charge in [0.25, 0.3) is 0 Å². The van der Waals surface area contributed by atoms with E-state index in [1.807, 2.05) is 18.2 Å². The maximum atomic E-state index is 10.6. The van der Waals surface area contributed by atoms with Crippen LogP contribution in [0.25, 0.3) is 0 Å². The highest BCUT2D eigenvalue weighted by molar-refractivity contribution is 5.70. The highest BCUT2D eigenvalue weighted by atomic mass is 16.5. The fourth-order valence-electron chi connectivity index (χ4n) is 1.82. The Morgan fingerprint density at radius 2 is 2.29 bits per heavy atom. The van der Waals surface area contributed by atoms with Crippen molar-refractivity contribution in [2.24, 2.45) is 5.73 Å². The molecule has 1 aliphatic carbocycles. The number of rotatable bonds is 2. The van der Waals surface area contributed by atoms with Crippen molar-refractivity contribution in [3.05, 3.63) is 35.4 Å². The summed E-state index contributed by atoms with van der Waals surface area (Å²) in [7, 11) is 0. The van der Waals surface area contributed by atoms with Crippen LogP contribution in [-0.2, 0) is 6.42 Å². The Bertz CT molecular complexity index is 365. The van der Waals surface area contributed by atoms with E-state index < -0.39 is 6.03 Å². The van der Waals surface area contributed by atoms with Gasteiger partial charge in [-0.3, -0.25) is 5.21 Å². The molecule has 0 heterocycles. The smallest absolute Gasteiger partial charge is 0.338 e. The van der Waals surface area contributed by atoms with E-state index in [1.165, 1.54) is 11.1 Å². The molecule has 1 aromatic carbocycles. The Morgan fingerprint density at radius 1 is 1.57 bits per heavy atom. The van der Waals surface area contributed by atoms with Crippen molar-refractivity contribution in [1.82, 2.24) is 5.06 Å². The number of benzene rings is 1. The number of carbonyl (C=O) groups excluding carboxylic acids is 1. The summed E-state index contributed by atoms with van der Waals surface area (Å²) in [5.74, 6) is 0.226. The molecule has 4 nitrogen and oxygen atoms in total. The van der Waals surface area contributed by atoms with Crippen LogP contribution in [0.3, 0.4) is 0 Å². The molecule has 74 valence electrons. The molecule has 4 heteroatoms. The number of hydrogen-bond acceptors (Lipinski definition) is 2. The van der Waals surface area contributed by atoms with Crippen LogP contribution in [0.2, 0.25) is 0 Å². The third-order valence-corrected chi connectivity index (χ3v) is 2.61. The third kappa shape index (κ3) is 1.44. The lowest BCUT2D eigenvalue weighted by Gasteiger charge is -2.31. The number of amides is 2. The topological polar surface area (TPSA) is 66.6 Å². The van der Waals surface area contributed by atoms with E-state index in [-0.39, 0.29) is 12.5 Å². The van der Waals surface area contributed by atoms with E-state index in [9.17, 15) is 4.79 Å². The number of nitrogens with two attached hydrogens (primary N) is 1. The van der Waals surface area contributed by atoms with Crippen molar-refractivity contribution in [3.63, 3.8) is 0 Å².